The Bertz CT molecular complexity index is 581. The Hall–Kier alpha value is -1.59. The summed E-state index contributed by atoms with van der Waals surface area (Å²) in [5.41, 5.74) is 7.31. The number of carbonyl (C=O) groups is 2. The molecular formula is C13H14ClN3O2. The summed E-state index contributed by atoms with van der Waals surface area (Å²) in [6.45, 7) is 0.349. The Morgan fingerprint density at radius 3 is 2.84 bits per heavy atom. The van der Waals surface area contributed by atoms with Crippen LogP contribution in [0.3, 0.4) is 0 Å². The molecule has 0 atom stereocenters. The minimum absolute atomic E-state index is 0.0600. The molecule has 0 aromatic heterocycles. The molecule has 5 nitrogen and oxygen atoms in total. The van der Waals surface area contributed by atoms with Gasteiger partial charge in [-0.3, -0.25) is 9.59 Å². The highest BCUT2D eigenvalue weighted by Crippen LogP contribution is 2.46. The highest BCUT2D eigenvalue weighted by atomic mass is 35.5. The number of halogens is 1. The van der Waals surface area contributed by atoms with Crippen molar-refractivity contribution in [3.63, 3.8) is 0 Å². The Morgan fingerprint density at radius 2 is 2.21 bits per heavy atom. The molecule has 1 fully saturated rings. The lowest BCUT2D eigenvalue weighted by Gasteiger charge is -2.14. The molecule has 1 aliphatic carbocycles. The van der Waals surface area contributed by atoms with Gasteiger partial charge < -0.3 is 16.4 Å². The summed E-state index contributed by atoms with van der Waals surface area (Å²) >= 11 is 6.12. The van der Waals surface area contributed by atoms with Crippen molar-refractivity contribution in [2.45, 2.75) is 19.3 Å². The van der Waals surface area contributed by atoms with Gasteiger partial charge in [-0.1, -0.05) is 11.6 Å². The minimum atomic E-state index is -0.420. The van der Waals surface area contributed by atoms with Crippen LogP contribution in [0.5, 0.6) is 0 Å². The molecule has 1 heterocycles. The van der Waals surface area contributed by atoms with E-state index >= 15 is 0 Å². The number of carbonyl (C=O) groups excluding carboxylic acids is 2. The number of fused-ring (bicyclic) bond motifs is 1. The average Bonchev–Trinajstić information content (AvgIpc) is 3.08. The predicted octanol–water partition coefficient (Wildman–Crippen LogP) is 1.51. The fourth-order valence-corrected chi connectivity index (χ4v) is 2.48. The van der Waals surface area contributed by atoms with E-state index in [0.717, 1.165) is 18.4 Å². The van der Waals surface area contributed by atoms with Crippen LogP contribution in [0.2, 0.25) is 5.02 Å². The first kappa shape index (κ1) is 12.4. The number of benzene rings is 1. The Kier molecular flexibility index (Phi) is 2.76. The first-order valence-corrected chi connectivity index (χ1v) is 6.56. The Balaban J connectivity index is 1.84. The highest BCUT2D eigenvalue weighted by molar-refractivity contribution is 6.34. The van der Waals surface area contributed by atoms with Crippen LogP contribution in [0.25, 0.3) is 0 Å². The molecule has 4 N–H and O–H groups in total. The first-order chi connectivity index (χ1) is 9.04. The van der Waals surface area contributed by atoms with Crippen LogP contribution in [0.1, 0.15) is 18.4 Å². The molecule has 1 saturated carbocycles. The summed E-state index contributed by atoms with van der Waals surface area (Å²) in [6.07, 6.45) is 1.95. The molecule has 0 radical (unpaired) electrons. The van der Waals surface area contributed by atoms with E-state index < -0.39 is 5.41 Å². The molecule has 1 aromatic carbocycles. The van der Waals surface area contributed by atoms with E-state index in [4.69, 9.17) is 17.3 Å². The van der Waals surface area contributed by atoms with Crippen LogP contribution < -0.4 is 16.4 Å². The molecule has 0 spiro atoms. The minimum Gasteiger partial charge on any atom is -0.329 e. The topological polar surface area (TPSA) is 84.2 Å². The van der Waals surface area contributed by atoms with Gasteiger partial charge in [0, 0.05) is 12.2 Å². The number of nitrogens with one attached hydrogen (secondary N) is 2. The number of hydrogen-bond donors (Lipinski definition) is 3. The summed E-state index contributed by atoms with van der Waals surface area (Å²) in [5.74, 6) is -0.149. The third-order valence-electron chi connectivity index (χ3n) is 3.79. The maximum absolute atomic E-state index is 12.1. The van der Waals surface area contributed by atoms with Crippen LogP contribution in [-0.2, 0) is 16.0 Å². The molecule has 19 heavy (non-hydrogen) atoms. The van der Waals surface area contributed by atoms with Crippen LogP contribution in [0, 0.1) is 5.41 Å². The molecule has 2 amide bonds. The molecule has 0 saturated heterocycles. The van der Waals surface area contributed by atoms with Gasteiger partial charge in [-0.15, -0.1) is 0 Å². The fourth-order valence-electron chi connectivity index (χ4n) is 2.27. The highest BCUT2D eigenvalue weighted by Gasteiger charge is 2.48. The van der Waals surface area contributed by atoms with Crippen LogP contribution >= 0.6 is 11.6 Å². The summed E-state index contributed by atoms with van der Waals surface area (Å²) in [5, 5.41) is 5.95. The van der Waals surface area contributed by atoms with Crippen molar-refractivity contribution in [3.05, 3.63) is 22.7 Å². The summed E-state index contributed by atoms with van der Waals surface area (Å²) < 4.78 is 0. The normalized spacial score (nSPS) is 18.7. The third kappa shape index (κ3) is 2.09. The Morgan fingerprint density at radius 1 is 1.47 bits per heavy atom. The molecule has 100 valence electrons. The van der Waals surface area contributed by atoms with Gasteiger partial charge in [0.05, 0.1) is 22.5 Å². The monoisotopic (exact) mass is 279 g/mol. The zero-order valence-corrected chi connectivity index (χ0v) is 11.0. The fraction of sp³-hybridized carbons (Fsp3) is 0.385. The lowest BCUT2D eigenvalue weighted by atomic mass is 10.1. The van der Waals surface area contributed by atoms with Gasteiger partial charge in [-0.2, -0.15) is 0 Å². The summed E-state index contributed by atoms with van der Waals surface area (Å²) in [4.78, 5) is 23.4. The van der Waals surface area contributed by atoms with Crippen molar-refractivity contribution < 1.29 is 9.59 Å². The quantitative estimate of drug-likeness (QED) is 0.784. The second kappa shape index (κ2) is 4.21. The van der Waals surface area contributed by atoms with Crippen molar-refractivity contribution in [3.8, 4) is 0 Å². The Labute approximate surface area is 115 Å². The average molecular weight is 280 g/mol. The number of amides is 2. The molecule has 1 aromatic rings. The SMILES string of the molecule is NCC1(C(=O)Nc2cc3c(cc2Cl)NC(=O)C3)CC1. The first-order valence-electron chi connectivity index (χ1n) is 6.18. The van der Waals surface area contributed by atoms with Crippen molar-refractivity contribution in [1.29, 1.82) is 0 Å². The van der Waals surface area contributed by atoms with Crippen molar-refractivity contribution in [1.82, 2.24) is 0 Å². The van der Waals surface area contributed by atoms with E-state index in [0.29, 0.717) is 29.4 Å². The third-order valence-corrected chi connectivity index (χ3v) is 4.10. The lowest BCUT2D eigenvalue weighted by Crippen LogP contribution is -2.30. The molecule has 2 aliphatic rings. The molecule has 6 heteroatoms. The molecule has 1 aliphatic heterocycles. The standard InChI is InChI=1S/C13H14ClN3O2/c14-8-5-9-7(4-11(18)16-9)3-10(8)17-12(19)13(6-15)1-2-13/h3,5H,1-2,4,6,15H2,(H,16,18)(H,17,19). The summed E-state index contributed by atoms with van der Waals surface area (Å²) in [6, 6.07) is 3.42. The van der Waals surface area contributed by atoms with Gasteiger partial charge >= 0.3 is 0 Å². The molecule has 0 bridgehead atoms. The number of anilines is 2. The van der Waals surface area contributed by atoms with Crippen molar-refractivity contribution in [2.75, 3.05) is 17.2 Å². The van der Waals surface area contributed by atoms with E-state index in [1.54, 1.807) is 12.1 Å². The van der Waals surface area contributed by atoms with Crippen LogP contribution in [-0.4, -0.2) is 18.4 Å². The van der Waals surface area contributed by atoms with Gasteiger partial charge in [0.25, 0.3) is 0 Å². The zero-order chi connectivity index (χ0) is 13.6. The van der Waals surface area contributed by atoms with E-state index in [1.807, 2.05) is 0 Å². The van der Waals surface area contributed by atoms with E-state index in [-0.39, 0.29) is 11.8 Å². The van der Waals surface area contributed by atoms with Gasteiger partial charge in [0.15, 0.2) is 0 Å². The smallest absolute Gasteiger partial charge is 0.231 e. The number of hydrogen-bond acceptors (Lipinski definition) is 3. The largest absolute Gasteiger partial charge is 0.329 e. The van der Waals surface area contributed by atoms with Gasteiger partial charge in [-0.05, 0) is 30.5 Å². The maximum Gasteiger partial charge on any atom is 0.231 e. The van der Waals surface area contributed by atoms with Crippen LogP contribution in [0.4, 0.5) is 11.4 Å². The maximum atomic E-state index is 12.1. The molecule has 3 rings (SSSR count). The van der Waals surface area contributed by atoms with Gasteiger partial charge in [0.2, 0.25) is 11.8 Å². The molecule has 0 unspecified atom stereocenters. The number of nitrogens with two attached hydrogens (primary N) is 1. The van der Waals surface area contributed by atoms with E-state index in [2.05, 4.69) is 10.6 Å². The second-order valence-electron chi connectivity index (χ2n) is 5.15. The lowest BCUT2D eigenvalue weighted by molar-refractivity contribution is -0.120. The van der Waals surface area contributed by atoms with Gasteiger partial charge in [-0.25, -0.2) is 0 Å². The van der Waals surface area contributed by atoms with Crippen molar-refractivity contribution in [2.24, 2.45) is 11.1 Å². The van der Waals surface area contributed by atoms with Crippen LogP contribution in [0.15, 0.2) is 12.1 Å². The molecular weight excluding hydrogens is 266 g/mol. The number of rotatable bonds is 3. The summed E-state index contributed by atoms with van der Waals surface area (Å²) in [7, 11) is 0. The van der Waals surface area contributed by atoms with Gasteiger partial charge in [0.1, 0.15) is 0 Å². The van der Waals surface area contributed by atoms with E-state index in [9.17, 15) is 9.59 Å². The predicted molar refractivity (Wildman–Crippen MR) is 73.1 cm³/mol. The van der Waals surface area contributed by atoms with E-state index in [1.165, 1.54) is 0 Å². The zero-order valence-electron chi connectivity index (χ0n) is 10.3. The van der Waals surface area contributed by atoms with Crippen molar-refractivity contribution >= 4 is 34.8 Å². The second-order valence-corrected chi connectivity index (χ2v) is 5.56.